The molecule has 1 atom stereocenters. The van der Waals surface area contributed by atoms with Gasteiger partial charge in [0.05, 0.1) is 0 Å². The number of aryl methyl sites for hydroxylation is 1. The molecule has 94 valence electrons. The molecule has 0 aliphatic heterocycles. The average Bonchev–Trinajstić information content (AvgIpc) is 2.25. The van der Waals surface area contributed by atoms with Gasteiger partial charge in [0, 0.05) is 19.7 Å². The highest BCUT2D eigenvalue weighted by molar-refractivity contribution is 5.83. The Morgan fingerprint density at radius 2 is 2.24 bits per heavy atom. The fourth-order valence-corrected chi connectivity index (χ4v) is 1.43. The van der Waals surface area contributed by atoms with Crippen molar-refractivity contribution in [2.45, 2.75) is 26.8 Å². The number of carbonyl (C=O) groups excluding carboxylic acids is 1. The Labute approximate surface area is 101 Å². The Bertz CT molecular complexity index is 387. The number of anilines is 2. The monoisotopic (exact) mass is 237 g/mol. The number of rotatable bonds is 4. The lowest BCUT2D eigenvalue weighted by Gasteiger charge is -2.21. The van der Waals surface area contributed by atoms with Crippen LogP contribution in [0.1, 0.15) is 19.7 Å². The lowest BCUT2D eigenvalue weighted by atomic mass is 10.3. The fourth-order valence-electron chi connectivity index (χ4n) is 1.43. The van der Waals surface area contributed by atoms with E-state index >= 15 is 0 Å². The lowest BCUT2D eigenvalue weighted by Crippen LogP contribution is -2.39. The quantitative estimate of drug-likeness (QED) is 0.803. The number of carbonyl (C=O) groups is 1. The molecule has 0 fully saturated rings. The molecule has 1 amide bonds. The lowest BCUT2D eigenvalue weighted by molar-refractivity contribution is -0.130. The van der Waals surface area contributed by atoms with Crippen molar-refractivity contribution in [1.82, 2.24) is 14.9 Å². The van der Waals surface area contributed by atoms with Crippen molar-refractivity contribution in [2.24, 2.45) is 0 Å². The third kappa shape index (κ3) is 3.58. The van der Waals surface area contributed by atoms with E-state index in [4.69, 9.17) is 5.73 Å². The summed E-state index contributed by atoms with van der Waals surface area (Å²) in [4.78, 5) is 21.6. The molecule has 0 aliphatic carbocycles. The van der Waals surface area contributed by atoms with E-state index in [1.807, 2.05) is 6.92 Å². The first-order chi connectivity index (χ1) is 7.93. The standard InChI is InChI=1S/C11H19N5O/c1-5-16(4)11(17)7(2)13-10-6-9(12)14-8(3)15-10/h6-7H,5H2,1-4H3,(H3,12,13,14,15). The van der Waals surface area contributed by atoms with Gasteiger partial charge in [-0.1, -0.05) is 0 Å². The van der Waals surface area contributed by atoms with Crippen LogP contribution in [0.2, 0.25) is 0 Å². The van der Waals surface area contributed by atoms with Crippen molar-refractivity contribution in [3.63, 3.8) is 0 Å². The van der Waals surface area contributed by atoms with Gasteiger partial charge in [0.15, 0.2) is 0 Å². The second-order valence-corrected chi connectivity index (χ2v) is 3.94. The van der Waals surface area contributed by atoms with Gasteiger partial charge in [-0.2, -0.15) is 0 Å². The zero-order valence-electron chi connectivity index (χ0n) is 10.7. The summed E-state index contributed by atoms with van der Waals surface area (Å²) in [5.41, 5.74) is 5.61. The molecule has 0 saturated carbocycles. The van der Waals surface area contributed by atoms with E-state index in [1.54, 1.807) is 31.9 Å². The molecule has 0 saturated heterocycles. The molecule has 0 aromatic carbocycles. The molecule has 3 N–H and O–H groups in total. The van der Waals surface area contributed by atoms with Crippen LogP contribution < -0.4 is 11.1 Å². The van der Waals surface area contributed by atoms with Gasteiger partial charge in [-0.15, -0.1) is 0 Å². The van der Waals surface area contributed by atoms with Crippen LogP contribution in [0.25, 0.3) is 0 Å². The van der Waals surface area contributed by atoms with Gasteiger partial charge >= 0.3 is 0 Å². The number of nitrogens with two attached hydrogens (primary N) is 1. The number of nitrogens with zero attached hydrogens (tertiary/aromatic N) is 3. The van der Waals surface area contributed by atoms with Crippen LogP contribution in [0.3, 0.4) is 0 Å². The average molecular weight is 237 g/mol. The van der Waals surface area contributed by atoms with Crippen LogP contribution in [0.4, 0.5) is 11.6 Å². The van der Waals surface area contributed by atoms with Gasteiger partial charge < -0.3 is 16.0 Å². The summed E-state index contributed by atoms with van der Waals surface area (Å²) in [6.07, 6.45) is 0. The largest absolute Gasteiger partial charge is 0.384 e. The number of likely N-dealkylation sites (N-methyl/N-ethyl adjacent to an activating group) is 1. The molecule has 6 heteroatoms. The second kappa shape index (κ2) is 5.47. The zero-order chi connectivity index (χ0) is 13.0. The minimum atomic E-state index is -0.339. The summed E-state index contributed by atoms with van der Waals surface area (Å²) in [7, 11) is 1.76. The highest BCUT2D eigenvalue weighted by atomic mass is 16.2. The number of hydrogen-bond donors (Lipinski definition) is 2. The van der Waals surface area contributed by atoms with Gasteiger partial charge in [-0.3, -0.25) is 4.79 Å². The van der Waals surface area contributed by atoms with Crippen LogP contribution >= 0.6 is 0 Å². The van der Waals surface area contributed by atoms with Gasteiger partial charge in [0.25, 0.3) is 0 Å². The van der Waals surface area contributed by atoms with Crippen LogP contribution in [0.15, 0.2) is 6.07 Å². The van der Waals surface area contributed by atoms with Crippen molar-refractivity contribution in [3.8, 4) is 0 Å². The second-order valence-electron chi connectivity index (χ2n) is 3.94. The first-order valence-corrected chi connectivity index (χ1v) is 5.56. The summed E-state index contributed by atoms with van der Waals surface area (Å²) >= 11 is 0. The Hall–Kier alpha value is -1.85. The van der Waals surface area contributed by atoms with Crippen molar-refractivity contribution >= 4 is 17.5 Å². The van der Waals surface area contributed by atoms with Crippen molar-refractivity contribution in [1.29, 1.82) is 0 Å². The Kier molecular flexibility index (Phi) is 4.25. The van der Waals surface area contributed by atoms with E-state index in [0.29, 0.717) is 24.0 Å². The molecular weight excluding hydrogens is 218 g/mol. The summed E-state index contributed by atoms with van der Waals surface area (Å²) in [6, 6.07) is 1.27. The predicted molar refractivity (Wildman–Crippen MR) is 67.6 cm³/mol. The Morgan fingerprint density at radius 1 is 1.59 bits per heavy atom. The summed E-state index contributed by atoms with van der Waals surface area (Å²) in [5, 5.41) is 3.02. The molecule has 6 nitrogen and oxygen atoms in total. The molecule has 0 radical (unpaired) electrons. The van der Waals surface area contributed by atoms with Crippen molar-refractivity contribution in [3.05, 3.63) is 11.9 Å². The van der Waals surface area contributed by atoms with Crippen LogP contribution in [-0.2, 0) is 4.79 Å². The number of nitrogen functional groups attached to an aromatic ring is 1. The topological polar surface area (TPSA) is 84.1 Å². The summed E-state index contributed by atoms with van der Waals surface area (Å²) in [5.74, 6) is 1.56. The Balaban J connectivity index is 2.74. The molecule has 0 bridgehead atoms. The number of nitrogens with one attached hydrogen (secondary N) is 1. The van der Waals surface area contributed by atoms with Gasteiger partial charge in [-0.25, -0.2) is 9.97 Å². The number of aromatic nitrogens is 2. The minimum absolute atomic E-state index is 0.0161. The van der Waals surface area contributed by atoms with Gasteiger partial charge in [-0.05, 0) is 20.8 Å². The number of hydrogen-bond acceptors (Lipinski definition) is 5. The zero-order valence-corrected chi connectivity index (χ0v) is 10.7. The van der Waals surface area contributed by atoms with Crippen LogP contribution in [0, 0.1) is 6.92 Å². The number of amides is 1. The van der Waals surface area contributed by atoms with Crippen LogP contribution in [0.5, 0.6) is 0 Å². The highest BCUT2D eigenvalue weighted by Gasteiger charge is 2.16. The molecule has 1 unspecified atom stereocenters. The van der Waals surface area contributed by atoms with E-state index < -0.39 is 0 Å². The van der Waals surface area contributed by atoms with E-state index in [0.717, 1.165) is 0 Å². The van der Waals surface area contributed by atoms with E-state index in [2.05, 4.69) is 15.3 Å². The molecule has 1 aromatic heterocycles. The Morgan fingerprint density at radius 3 is 2.76 bits per heavy atom. The third-order valence-corrected chi connectivity index (χ3v) is 2.44. The van der Waals surface area contributed by atoms with Crippen molar-refractivity contribution < 1.29 is 4.79 Å². The first-order valence-electron chi connectivity index (χ1n) is 5.56. The van der Waals surface area contributed by atoms with Gasteiger partial charge in [0.1, 0.15) is 23.5 Å². The third-order valence-electron chi connectivity index (χ3n) is 2.44. The molecule has 0 spiro atoms. The minimum Gasteiger partial charge on any atom is -0.384 e. The first kappa shape index (κ1) is 13.2. The normalized spacial score (nSPS) is 12.0. The SMILES string of the molecule is CCN(C)C(=O)C(C)Nc1cc(N)nc(C)n1. The molecule has 17 heavy (non-hydrogen) atoms. The maximum atomic E-state index is 11.8. The van der Waals surface area contributed by atoms with Crippen LogP contribution in [-0.4, -0.2) is 40.4 Å². The van der Waals surface area contributed by atoms with Crippen molar-refractivity contribution in [2.75, 3.05) is 24.6 Å². The smallest absolute Gasteiger partial charge is 0.244 e. The molecule has 1 rings (SSSR count). The highest BCUT2D eigenvalue weighted by Crippen LogP contribution is 2.09. The van der Waals surface area contributed by atoms with E-state index in [9.17, 15) is 4.79 Å². The molecule has 1 heterocycles. The molecular formula is C11H19N5O. The maximum absolute atomic E-state index is 11.8. The fraction of sp³-hybridized carbons (Fsp3) is 0.545. The van der Waals surface area contributed by atoms with E-state index in [1.165, 1.54) is 0 Å². The molecule has 1 aromatic rings. The summed E-state index contributed by atoms with van der Waals surface area (Å²) < 4.78 is 0. The predicted octanol–water partition coefficient (Wildman–Crippen LogP) is 0.646. The maximum Gasteiger partial charge on any atom is 0.244 e. The van der Waals surface area contributed by atoms with E-state index in [-0.39, 0.29) is 11.9 Å². The summed E-state index contributed by atoms with van der Waals surface area (Å²) in [6.45, 7) is 6.15. The van der Waals surface area contributed by atoms with Gasteiger partial charge in [0.2, 0.25) is 5.91 Å². The molecule has 0 aliphatic rings.